The number of hydrogen-bond acceptors (Lipinski definition) is 2. The van der Waals surface area contributed by atoms with Crippen LogP contribution in [-0.4, -0.2) is 12.6 Å². The lowest BCUT2D eigenvalue weighted by Gasteiger charge is -2.12. The van der Waals surface area contributed by atoms with Crippen molar-refractivity contribution in [1.82, 2.24) is 0 Å². The van der Waals surface area contributed by atoms with Crippen LogP contribution in [0.1, 0.15) is 24.0 Å². The van der Waals surface area contributed by atoms with Gasteiger partial charge in [-0.1, -0.05) is 54.5 Å². The van der Waals surface area contributed by atoms with Gasteiger partial charge in [-0.25, -0.2) is 4.79 Å². The van der Waals surface area contributed by atoms with Gasteiger partial charge in [0.25, 0.3) is 0 Å². The summed E-state index contributed by atoms with van der Waals surface area (Å²) in [5.41, 5.74) is 4.88. The average molecular weight is 262 g/mol. The van der Waals surface area contributed by atoms with E-state index in [-0.39, 0.29) is 5.92 Å². The van der Waals surface area contributed by atoms with Crippen LogP contribution in [0.15, 0.2) is 48.5 Å². The number of carbonyl (C=O) groups is 1. The quantitative estimate of drug-likeness (QED) is 0.471. The summed E-state index contributed by atoms with van der Waals surface area (Å²) in [4.78, 5) is 11.4. The van der Waals surface area contributed by atoms with Gasteiger partial charge in [0.1, 0.15) is 6.61 Å². The lowest BCUT2D eigenvalue weighted by molar-refractivity contribution is -0.136. The van der Waals surface area contributed by atoms with E-state index in [1.54, 1.807) is 6.92 Å². The molecule has 0 aromatic heterocycles. The molecule has 0 fully saturated rings. The van der Waals surface area contributed by atoms with E-state index in [1.807, 2.05) is 24.3 Å². The highest BCUT2D eigenvalue weighted by molar-refractivity contribution is 5.88. The molecule has 2 nitrogen and oxygen atoms in total. The highest BCUT2D eigenvalue weighted by atomic mass is 16.5. The van der Waals surface area contributed by atoms with Crippen LogP contribution < -0.4 is 0 Å². The molecule has 0 heterocycles. The summed E-state index contributed by atoms with van der Waals surface area (Å²) < 4.78 is 5.27. The fraction of sp³-hybridized carbons (Fsp3) is 0.167. The van der Waals surface area contributed by atoms with Gasteiger partial charge < -0.3 is 4.74 Å². The van der Waals surface area contributed by atoms with Crippen LogP contribution >= 0.6 is 0 Å². The molecule has 1 aliphatic rings. The normalized spacial score (nSPS) is 12.1. The van der Waals surface area contributed by atoms with Crippen molar-refractivity contribution in [2.24, 2.45) is 0 Å². The third-order valence-corrected chi connectivity index (χ3v) is 3.57. The van der Waals surface area contributed by atoms with E-state index in [4.69, 9.17) is 4.74 Å². The number of ether oxygens (including phenoxy) is 1. The summed E-state index contributed by atoms with van der Waals surface area (Å²) in [5.74, 6) is 4.60. The first-order chi connectivity index (χ1) is 9.81. The lowest BCUT2D eigenvalue weighted by atomic mass is 9.98. The van der Waals surface area contributed by atoms with Crippen LogP contribution in [0.4, 0.5) is 0 Å². The zero-order valence-corrected chi connectivity index (χ0v) is 11.2. The molecule has 2 aromatic carbocycles. The van der Waals surface area contributed by atoms with E-state index in [9.17, 15) is 4.79 Å². The molecule has 0 atom stereocenters. The molecule has 1 aliphatic carbocycles. The Morgan fingerprint density at radius 2 is 1.60 bits per heavy atom. The average Bonchev–Trinajstić information content (AvgIpc) is 2.80. The molecule has 2 heteroatoms. The van der Waals surface area contributed by atoms with E-state index in [1.165, 1.54) is 22.3 Å². The zero-order valence-electron chi connectivity index (χ0n) is 11.2. The van der Waals surface area contributed by atoms with Crippen LogP contribution in [-0.2, 0) is 9.53 Å². The van der Waals surface area contributed by atoms with Crippen LogP contribution in [0.3, 0.4) is 0 Å². The van der Waals surface area contributed by atoms with Gasteiger partial charge >= 0.3 is 5.97 Å². The summed E-state index contributed by atoms with van der Waals surface area (Å²) in [6.07, 6.45) is 0. The Morgan fingerprint density at radius 3 is 2.15 bits per heavy atom. The van der Waals surface area contributed by atoms with Gasteiger partial charge in [-0.3, -0.25) is 0 Å². The molecule has 0 N–H and O–H groups in total. The molecule has 0 saturated carbocycles. The van der Waals surface area contributed by atoms with Crippen LogP contribution in [0, 0.1) is 11.8 Å². The number of carbonyl (C=O) groups excluding carboxylic acids is 1. The van der Waals surface area contributed by atoms with Gasteiger partial charge in [-0.05, 0) is 29.2 Å². The van der Waals surface area contributed by atoms with E-state index in [0.717, 1.165) is 0 Å². The van der Waals surface area contributed by atoms with E-state index < -0.39 is 5.97 Å². The standard InChI is InChI=1S/C18H14O2/c1-2-7-18(19)20-12-17-15-10-5-3-8-13(15)14-9-4-6-11-16(14)17/h3-6,8-11,17H,12H2,1H3. The Balaban J connectivity index is 1.94. The molecule has 0 unspecified atom stereocenters. The zero-order chi connectivity index (χ0) is 13.9. The first-order valence-corrected chi connectivity index (χ1v) is 6.59. The van der Waals surface area contributed by atoms with Crippen molar-refractivity contribution in [2.45, 2.75) is 12.8 Å². The SMILES string of the molecule is CC#CC(=O)OCC1c2ccccc2-c2ccccc21. The second kappa shape index (κ2) is 5.22. The molecule has 98 valence electrons. The number of fused-ring (bicyclic) bond motifs is 3. The Morgan fingerprint density at radius 1 is 1.05 bits per heavy atom. The first kappa shape index (κ1) is 12.5. The predicted molar refractivity (Wildman–Crippen MR) is 78.1 cm³/mol. The van der Waals surface area contributed by atoms with E-state index >= 15 is 0 Å². The molecule has 0 amide bonds. The summed E-state index contributed by atoms with van der Waals surface area (Å²) in [7, 11) is 0. The van der Waals surface area contributed by atoms with Crippen molar-refractivity contribution in [1.29, 1.82) is 0 Å². The van der Waals surface area contributed by atoms with Crippen molar-refractivity contribution in [3.05, 3.63) is 59.7 Å². The molecule has 0 aliphatic heterocycles. The molecule has 0 bridgehead atoms. The number of esters is 1. The van der Waals surface area contributed by atoms with Gasteiger partial charge in [0, 0.05) is 11.8 Å². The van der Waals surface area contributed by atoms with Crippen LogP contribution in [0.2, 0.25) is 0 Å². The monoisotopic (exact) mass is 262 g/mol. The number of rotatable bonds is 2. The van der Waals surface area contributed by atoms with E-state index in [0.29, 0.717) is 6.61 Å². The van der Waals surface area contributed by atoms with Gasteiger partial charge in [-0.2, -0.15) is 0 Å². The summed E-state index contributed by atoms with van der Waals surface area (Å²) in [6, 6.07) is 16.5. The largest absolute Gasteiger partial charge is 0.455 e. The highest BCUT2D eigenvalue weighted by Gasteiger charge is 2.28. The Hall–Kier alpha value is -2.53. The second-order valence-corrected chi connectivity index (χ2v) is 4.70. The Labute approximate surface area is 118 Å². The van der Waals surface area contributed by atoms with Crippen molar-refractivity contribution < 1.29 is 9.53 Å². The number of benzene rings is 2. The minimum atomic E-state index is -0.464. The van der Waals surface area contributed by atoms with Crippen LogP contribution in [0.5, 0.6) is 0 Å². The fourth-order valence-electron chi connectivity index (χ4n) is 2.74. The smallest absolute Gasteiger partial charge is 0.384 e. The molecule has 0 spiro atoms. The van der Waals surface area contributed by atoms with Crippen molar-refractivity contribution in [3.63, 3.8) is 0 Å². The summed E-state index contributed by atoms with van der Waals surface area (Å²) in [5, 5.41) is 0. The molecule has 2 aromatic rings. The maximum absolute atomic E-state index is 11.4. The van der Waals surface area contributed by atoms with Crippen LogP contribution in [0.25, 0.3) is 11.1 Å². The minimum Gasteiger partial charge on any atom is -0.455 e. The molecule has 20 heavy (non-hydrogen) atoms. The molecular formula is C18H14O2. The Bertz CT molecular complexity index is 674. The number of hydrogen-bond donors (Lipinski definition) is 0. The maximum Gasteiger partial charge on any atom is 0.384 e. The van der Waals surface area contributed by atoms with Gasteiger partial charge in [-0.15, -0.1) is 0 Å². The second-order valence-electron chi connectivity index (χ2n) is 4.70. The molecule has 0 saturated heterocycles. The predicted octanol–water partition coefficient (Wildman–Crippen LogP) is 3.37. The summed E-state index contributed by atoms with van der Waals surface area (Å²) in [6.45, 7) is 1.96. The third-order valence-electron chi connectivity index (χ3n) is 3.57. The van der Waals surface area contributed by atoms with Crippen molar-refractivity contribution >= 4 is 5.97 Å². The van der Waals surface area contributed by atoms with Crippen molar-refractivity contribution in [3.8, 4) is 23.0 Å². The van der Waals surface area contributed by atoms with Crippen molar-refractivity contribution in [2.75, 3.05) is 6.61 Å². The molecular weight excluding hydrogens is 248 g/mol. The fourth-order valence-corrected chi connectivity index (χ4v) is 2.74. The topological polar surface area (TPSA) is 26.3 Å². The lowest BCUT2D eigenvalue weighted by Crippen LogP contribution is -2.10. The minimum absolute atomic E-state index is 0.102. The Kier molecular flexibility index (Phi) is 3.26. The summed E-state index contributed by atoms with van der Waals surface area (Å²) >= 11 is 0. The highest BCUT2D eigenvalue weighted by Crippen LogP contribution is 2.44. The van der Waals surface area contributed by atoms with Gasteiger partial charge in [0.15, 0.2) is 0 Å². The van der Waals surface area contributed by atoms with E-state index in [2.05, 4.69) is 36.1 Å². The third kappa shape index (κ3) is 2.08. The molecule has 0 radical (unpaired) electrons. The molecule has 3 rings (SSSR count). The first-order valence-electron chi connectivity index (χ1n) is 6.59. The van der Waals surface area contributed by atoms with Gasteiger partial charge in [0.05, 0.1) is 0 Å². The maximum atomic E-state index is 11.4. The van der Waals surface area contributed by atoms with Gasteiger partial charge in [0.2, 0.25) is 0 Å².